The highest BCUT2D eigenvalue weighted by molar-refractivity contribution is 7.52. The van der Waals surface area contributed by atoms with Gasteiger partial charge in [-0.25, -0.2) is 0 Å². The van der Waals surface area contributed by atoms with E-state index in [4.69, 9.17) is 0 Å². The van der Waals surface area contributed by atoms with E-state index in [2.05, 4.69) is 11.2 Å². The van der Waals surface area contributed by atoms with Crippen LogP contribution in [0.1, 0.15) is 14.9 Å². The van der Waals surface area contributed by atoms with Crippen molar-refractivity contribution in [2.45, 2.75) is 14.9 Å². The molecule has 30 valence electrons. The molecule has 0 saturated heterocycles. The van der Waals surface area contributed by atoms with Gasteiger partial charge >= 0.3 is 0 Å². The molecular formula is C2H10ClP. The summed E-state index contributed by atoms with van der Waals surface area (Å²) in [5, 5.41) is 0. The van der Waals surface area contributed by atoms with E-state index in [1.54, 1.807) is 0 Å². The largest absolute Gasteiger partial charge is 0.104 e. The van der Waals surface area contributed by atoms with Crippen molar-refractivity contribution in [2.24, 2.45) is 0 Å². The molecule has 0 aromatic carbocycles. The Morgan fingerprint density at radius 1 is 1.00 bits per heavy atom. The average Bonchev–Trinajstić information content (AvgIpc) is 1.00. The minimum absolute atomic E-state index is 0. The van der Waals surface area contributed by atoms with E-state index in [0.29, 0.717) is 0 Å². The smallest absolute Gasteiger partial charge is 0.0393 e. The Bertz CT molecular complexity index is 6.00. The second-order valence-electron chi connectivity index (χ2n) is 0. The molecule has 0 saturated carbocycles. The lowest BCUT2D eigenvalue weighted by molar-refractivity contribution is 2.50. The summed E-state index contributed by atoms with van der Waals surface area (Å²) in [6.45, 7) is 0. The molecule has 0 nitrogen and oxygen atoms in total. The number of halogens is 1. The Balaban J connectivity index is -0.00000000500. The molecule has 0 aliphatic rings. The monoisotopic (exact) mass is 100 g/mol. The summed E-state index contributed by atoms with van der Waals surface area (Å²) < 4.78 is 0. The number of hydrogen-bond donors (Lipinski definition) is 0. The molecular weight excluding hydrogens is 90.4 g/mol. The van der Waals surface area contributed by atoms with Crippen molar-refractivity contribution in [1.29, 1.82) is 0 Å². The fourth-order valence-electron chi connectivity index (χ4n) is 0. The molecule has 0 aromatic heterocycles. The molecule has 0 spiro atoms. The summed E-state index contributed by atoms with van der Waals surface area (Å²) in [5.41, 5.74) is 0. The molecule has 0 heterocycles. The van der Waals surface area contributed by atoms with Gasteiger partial charge in [0.15, 0.2) is 0 Å². The van der Waals surface area contributed by atoms with Crippen LogP contribution in [-0.4, -0.2) is 0 Å². The lowest BCUT2D eigenvalue weighted by Crippen LogP contribution is -0.228. The third-order valence-corrected chi connectivity index (χ3v) is 0. The molecule has 1 unspecified atom stereocenters. The summed E-state index contributed by atoms with van der Waals surface area (Å²) in [7, 11) is 1.89. The van der Waals surface area contributed by atoms with Crippen molar-refractivity contribution in [3.8, 4) is 0 Å². The average molecular weight is 101 g/mol. The Hall–Kier alpha value is 0.720. The minimum Gasteiger partial charge on any atom is -0.104 e. The second-order valence-corrected chi connectivity index (χ2v) is 0. The predicted molar refractivity (Wildman–Crippen MR) is 29.0 cm³/mol. The van der Waals surface area contributed by atoms with Crippen LogP contribution in [0.2, 0.25) is 0 Å². The standard InChI is InChI=1S/2CH4.ClH2P/c;;1-2/h2*1H4;2H2. The molecule has 1 atom stereocenters. The maximum Gasteiger partial charge on any atom is -0.0393 e. The summed E-state index contributed by atoms with van der Waals surface area (Å²) in [6, 6.07) is 0. The molecule has 4 heavy (non-hydrogen) atoms. The van der Waals surface area contributed by atoms with Gasteiger partial charge < -0.3 is 0 Å². The van der Waals surface area contributed by atoms with Gasteiger partial charge in [0.1, 0.15) is 0 Å². The van der Waals surface area contributed by atoms with Gasteiger partial charge in [-0.2, -0.15) is 0 Å². The van der Waals surface area contributed by atoms with E-state index in [-0.39, 0.29) is 14.9 Å². The maximum absolute atomic E-state index is 4.56. The first kappa shape index (κ1) is 22.1. The van der Waals surface area contributed by atoms with Crippen LogP contribution in [0, 0.1) is 0 Å². The van der Waals surface area contributed by atoms with Crippen molar-refractivity contribution < 1.29 is 0 Å². The quantitative estimate of drug-likeness (QED) is 0.410. The molecule has 0 N–H and O–H groups in total. The van der Waals surface area contributed by atoms with E-state index < -0.39 is 0 Å². The molecule has 0 rings (SSSR count). The van der Waals surface area contributed by atoms with Crippen LogP contribution in [0.5, 0.6) is 0 Å². The van der Waals surface area contributed by atoms with E-state index in [0.717, 1.165) is 0 Å². The van der Waals surface area contributed by atoms with E-state index in [1.807, 2.05) is 8.59 Å². The topological polar surface area (TPSA) is 0 Å². The molecule has 0 amide bonds. The second kappa shape index (κ2) is 53.1. The predicted octanol–water partition coefficient (Wildman–Crippen LogP) is 2.29. The number of hydrogen-bond acceptors (Lipinski definition) is 0. The summed E-state index contributed by atoms with van der Waals surface area (Å²) >= 11 is 4.56. The molecule has 0 aromatic rings. The lowest BCUT2D eigenvalue weighted by Gasteiger charge is -1.07. The van der Waals surface area contributed by atoms with Gasteiger partial charge in [0, 0.05) is 0 Å². The van der Waals surface area contributed by atoms with Gasteiger partial charge in [0.05, 0.1) is 0 Å². The summed E-state index contributed by atoms with van der Waals surface area (Å²) in [4.78, 5) is 0. The van der Waals surface area contributed by atoms with E-state index in [1.165, 1.54) is 0 Å². The molecule has 0 fully saturated rings. The lowest BCUT2D eigenvalue weighted by atomic mass is 12.0. The Morgan fingerprint density at radius 2 is 1.00 bits per heavy atom. The molecule has 0 radical (unpaired) electrons. The molecule has 0 bridgehead atoms. The highest BCUT2D eigenvalue weighted by Crippen LogP contribution is 1.78. The first-order valence-corrected chi connectivity index (χ1v) is 1.96. The zero-order valence-electron chi connectivity index (χ0n) is 0.955. The fourth-order valence-corrected chi connectivity index (χ4v) is 0. The Kier molecular flexibility index (Phi) is 293. The maximum atomic E-state index is 4.56. The normalized spacial score (nSPS) is 1.50. The Morgan fingerprint density at radius 3 is 1.00 bits per heavy atom. The van der Waals surface area contributed by atoms with Gasteiger partial charge in [0.2, 0.25) is 0 Å². The van der Waals surface area contributed by atoms with Crippen LogP contribution in [-0.2, 0) is 0 Å². The van der Waals surface area contributed by atoms with Crippen molar-refractivity contribution >= 4 is 19.8 Å². The van der Waals surface area contributed by atoms with Crippen molar-refractivity contribution in [1.82, 2.24) is 0 Å². The van der Waals surface area contributed by atoms with Gasteiger partial charge in [-0.05, 0) is 8.59 Å². The van der Waals surface area contributed by atoms with Crippen molar-refractivity contribution in [3.05, 3.63) is 0 Å². The highest BCUT2D eigenvalue weighted by Gasteiger charge is 0.929. The minimum atomic E-state index is 0. The van der Waals surface area contributed by atoms with Gasteiger partial charge in [-0.3, -0.25) is 0 Å². The van der Waals surface area contributed by atoms with Crippen LogP contribution in [0.3, 0.4) is 0 Å². The van der Waals surface area contributed by atoms with Crippen LogP contribution >= 0.6 is 19.8 Å². The van der Waals surface area contributed by atoms with Crippen LogP contribution in [0.25, 0.3) is 0 Å². The molecule has 2 heteroatoms. The van der Waals surface area contributed by atoms with Gasteiger partial charge in [-0.1, -0.05) is 14.9 Å². The third-order valence-electron chi connectivity index (χ3n) is 0. The molecule has 0 aliphatic heterocycles. The third kappa shape index (κ3) is 15.5. The van der Waals surface area contributed by atoms with Gasteiger partial charge in [0.25, 0.3) is 0 Å². The van der Waals surface area contributed by atoms with Crippen molar-refractivity contribution in [2.75, 3.05) is 0 Å². The van der Waals surface area contributed by atoms with Gasteiger partial charge in [-0.15, -0.1) is 11.2 Å². The zero-order valence-corrected chi connectivity index (χ0v) is 2.87. The summed E-state index contributed by atoms with van der Waals surface area (Å²) in [5.74, 6) is 0. The van der Waals surface area contributed by atoms with Crippen LogP contribution in [0.4, 0.5) is 0 Å². The first-order valence-electron chi connectivity index (χ1n) is 0.218. The first-order chi connectivity index (χ1) is 1.00. The fraction of sp³-hybridized carbons (Fsp3) is 1.00. The zero-order chi connectivity index (χ0) is 2.00. The highest BCUT2D eigenvalue weighted by atomic mass is 35.7. The van der Waals surface area contributed by atoms with Crippen LogP contribution < -0.4 is 0 Å². The Labute approximate surface area is 35.5 Å². The number of rotatable bonds is 0. The van der Waals surface area contributed by atoms with E-state index >= 15 is 0 Å². The van der Waals surface area contributed by atoms with Crippen LogP contribution in [0.15, 0.2) is 0 Å². The van der Waals surface area contributed by atoms with Crippen molar-refractivity contribution in [3.63, 3.8) is 0 Å². The summed E-state index contributed by atoms with van der Waals surface area (Å²) in [6.07, 6.45) is 0. The van der Waals surface area contributed by atoms with E-state index in [9.17, 15) is 0 Å². The SMILES string of the molecule is C.C.PCl. The molecule has 0 aliphatic carbocycles.